The van der Waals surface area contributed by atoms with E-state index in [1.165, 1.54) is 6.07 Å². The zero-order chi connectivity index (χ0) is 19.1. The Kier molecular flexibility index (Phi) is 3.92. The normalized spacial score (nSPS) is 15.5. The van der Waals surface area contributed by atoms with Crippen molar-refractivity contribution >= 4 is 29.2 Å². The molecule has 3 N–H and O–H groups in total. The standard InChI is InChI=1S/C16H14N6O5/c23-13(18-14-11-6-17-4-3-12(11)19-20-14)7-21-15(24)9-2-1-8(22(26)27)5-10(9)16(21)25/h1-2,5,17H,3-4,6-7H2,(H2,18,19,20,23). The Morgan fingerprint density at radius 1 is 1.30 bits per heavy atom. The molecule has 1 aromatic heterocycles. The fourth-order valence-electron chi connectivity index (χ4n) is 3.18. The first-order chi connectivity index (χ1) is 13.0. The van der Waals surface area contributed by atoms with E-state index in [0.717, 1.165) is 41.3 Å². The van der Waals surface area contributed by atoms with Gasteiger partial charge in [-0.1, -0.05) is 0 Å². The van der Waals surface area contributed by atoms with Crippen LogP contribution in [-0.4, -0.2) is 50.8 Å². The van der Waals surface area contributed by atoms with Crippen LogP contribution in [0.4, 0.5) is 11.5 Å². The Labute approximate surface area is 151 Å². The lowest BCUT2D eigenvalue weighted by Gasteiger charge is -2.15. The zero-order valence-corrected chi connectivity index (χ0v) is 13.9. The van der Waals surface area contributed by atoms with Crippen molar-refractivity contribution < 1.29 is 19.3 Å². The number of nitrogens with one attached hydrogen (secondary N) is 3. The Morgan fingerprint density at radius 3 is 2.85 bits per heavy atom. The topological polar surface area (TPSA) is 150 Å². The van der Waals surface area contributed by atoms with Crippen LogP contribution < -0.4 is 10.6 Å². The molecule has 0 aliphatic carbocycles. The van der Waals surface area contributed by atoms with E-state index >= 15 is 0 Å². The van der Waals surface area contributed by atoms with Gasteiger partial charge in [-0.2, -0.15) is 5.10 Å². The summed E-state index contributed by atoms with van der Waals surface area (Å²) >= 11 is 0. The molecule has 0 bridgehead atoms. The predicted octanol–water partition coefficient (Wildman–Crippen LogP) is 0.198. The van der Waals surface area contributed by atoms with Gasteiger partial charge < -0.3 is 10.6 Å². The maximum atomic E-state index is 12.4. The molecule has 3 amide bonds. The summed E-state index contributed by atoms with van der Waals surface area (Å²) in [4.78, 5) is 48.1. The number of hydrogen-bond donors (Lipinski definition) is 3. The molecule has 0 radical (unpaired) electrons. The number of nitrogens with zero attached hydrogens (tertiary/aromatic N) is 3. The van der Waals surface area contributed by atoms with Gasteiger partial charge in [-0.15, -0.1) is 0 Å². The third-order valence-electron chi connectivity index (χ3n) is 4.53. The summed E-state index contributed by atoms with van der Waals surface area (Å²) in [5, 5.41) is 23.5. The second-order valence-electron chi connectivity index (χ2n) is 6.19. The van der Waals surface area contributed by atoms with E-state index in [-0.39, 0.29) is 16.8 Å². The number of nitro groups is 1. The maximum absolute atomic E-state index is 12.4. The quantitative estimate of drug-likeness (QED) is 0.395. The second kappa shape index (κ2) is 6.29. The second-order valence-corrected chi connectivity index (χ2v) is 6.19. The Balaban J connectivity index is 1.50. The number of aromatic amines is 1. The molecule has 27 heavy (non-hydrogen) atoms. The van der Waals surface area contributed by atoms with E-state index < -0.39 is 29.2 Å². The third kappa shape index (κ3) is 2.83. The molecule has 2 aliphatic heterocycles. The number of carbonyl (C=O) groups is 3. The highest BCUT2D eigenvalue weighted by Crippen LogP contribution is 2.27. The van der Waals surface area contributed by atoms with Crippen molar-refractivity contribution in [2.45, 2.75) is 13.0 Å². The fraction of sp³-hybridized carbons (Fsp3) is 0.250. The van der Waals surface area contributed by atoms with Crippen LogP contribution >= 0.6 is 0 Å². The first kappa shape index (κ1) is 16.8. The molecule has 1 aromatic carbocycles. The van der Waals surface area contributed by atoms with Gasteiger partial charge in [0.15, 0.2) is 5.82 Å². The van der Waals surface area contributed by atoms with Gasteiger partial charge >= 0.3 is 0 Å². The molecule has 2 aliphatic rings. The summed E-state index contributed by atoms with van der Waals surface area (Å²) in [5.74, 6) is -1.63. The summed E-state index contributed by atoms with van der Waals surface area (Å²) in [6.07, 6.45) is 0.759. The number of benzene rings is 1. The molecular weight excluding hydrogens is 356 g/mol. The van der Waals surface area contributed by atoms with Gasteiger partial charge in [0.05, 0.1) is 16.1 Å². The first-order valence-electron chi connectivity index (χ1n) is 8.17. The van der Waals surface area contributed by atoms with Gasteiger partial charge in [0.1, 0.15) is 6.54 Å². The first-order valence-corrected chi connectivity index (χ1v) is 8.17. The van der Waals surface area contributed by atoms with E-state index in [1.54, 1.807) is 0 Å². The molecule has 0 saturated carbocycles. The lowest BCUT2D eigenvalue weighted by atomic mass is 10.1. The molecule has 0 saturated heterocycles. The van der Waals surface area contributed by atoms with Gasteiger partial charge in [-0.05, 0) is 6.07 Å². The SMILES string of the molecule is O=C(CN1C(=O)c2ccc([N+](=O)[O-])cc2C1=O)Nc1n[nH]c2c1CNCC2. The number of non-ortho nitro benzene ring substituents is 1. The molecule has 0 atom stereocenters. The van der Waals surface area contributed by atoms with E-state index in [9.17, 15) is 24.5 Å². The number of carbonyl (C=O) groups excluding carboxylic acids is 3. The number of fused-ring (bicyclic) bond motifs is 2. The van der Waals surface area contributed by atoms with Crippen molar-refractivity contribution in [3.05, 3.63) is 50.7 Å². The van der Waals surface area contributed by atoms with E-state index in [4.69, 9.17) is 0 Å². The zero-order valence-electron chi connectivity index (χ0n) is 13.9. The molecule has 0 unspecified atom stereocenters. The minimum Gasteiger partial charge on any atom is -0.312 e. The average Bonchev–Trinajstić information content (AvgIpc) is 3.16. The number of aromatic nitrogens is 2. The molecule has 11 nitrogen and oxygen atoms in total. The van der Waals surface area contributed by atoms with Crippen LogP contribution in [0.25, 0.3) is 0 Å². The predicted molar refractivity (Wildman–Crippen MR) is 91.1 cm³/mol. The molecule has 2 aromatic rings. The van der Waals surface area contributed by atoms with E-state index in [1.807, 2.05) is 0 Å². The summed E-state index contributed by atoms with van der Waals surface area (Å²) in [5.41, 5.74) is 1.43. The van der Waals surface area contributed by atoms with Crippen molar-refractivity contribution in [2.75, 3.05) is 18.4 Å². The lowest BCUT2D eigenvalue weighted by Crippen LogP contribution is -2.37. The fourth-order valence-corrected chi connectivity index (χ4v) is 3.18. The van der Waals surface area contributed by atoms with Crippen LogP contribution in [0, 0.1) is 10.1 Å². The summed E-state index contributed by atoms with van der Waals surface area (Å²) < 4.78 is 0. The number of H-pyrrole nitrogens is 1. The minimum absolute atomic E-state index is 0.0414. The van der Waals surface area contributed by atoms with Crippen LogP contribution in [0.1, 0.15) is 32.0 Å². The molecule has 0 fully saturated rings. The largest absolute Gasteiger partial charge is 0.312 e. The molecule has 11 heteroatoms. The minimum atomic E-state index is -0.737. The third-order valence-corrected chi connectivity index (χ3v) is 4.53. The number of imide groups is 1. The molecule has 4 rings (SSSR count). The summed E-state index contributed by atoms with van der Waals surface area (Å²) in [7, 11) is 0. The summed E-state index contributed by atoms with van der Waals surface area (Å²) in [6, 6.07) is 3.42. The number of amides is 3. The van der Waals surface area contributed by atoms with Crippen LogP contribution in [0.15, 0.2) is 18.2 Å². The number of nitro benzene ring substituents is 1. The summed E-state index contributed by atoms with van der Waals surface area (Å²) in [6.45, 7) is 0.858. The van der Waals surface area contributed by atoms with E-state index in [2.05, 4.69) is 20.8 Å². The Morgan fingerprint density at radius 2 is 2.07 bits per heavy atom. The highest BCUT2D eigenvalue weighted by atomic mass is 16.6. The smallest absolute Gasteiger partial charge is 0.270 e. The van der Waals surface area contributed by atoms with Crippen molar-refractivity contribution in [2.24, 2.45) is 0 Å². The average molecular weight is 370 g/mol. The highest BCUT2D eigenvalue weighted by Gasteiger charge is 2.38. The Bertz CT molecular complexity index is 997. The van der Waals surface area contributed by atoms with Gasteiger partial charge in [0.25, 0.3) is 17.5 Å². The maximum Gasteiger partial charge on any atom is 0.270 e. The van der Waals surface area contributed by atoms with Crippen LogP contribution in [-0.2, 0) is 17.8 Å². The van der Waals surface area contributed by atoms with Crippen LogP contribution in [0.2, 0.25) is 0 Å². The monoisotopic (exact) mass is 370 g/mol. The number of hydrogen-bond acceptors (Lipinski definition) is 7. The lowest BCUT2D eigenvalue weighted by molar-refractivity contribution is -0.384. The van der Waals surface area contributed by atoms with Gasteiger partial charge in [-0.25, -0.2) is 0 Å². The number of rotatable bonds is 4. The van der Waals surface area contributed by atoms with Crippen molar-refractivity contribution in [1.29, 1.82) is 0 Å². The number of anilines is 1. The Hall–Kier alpha value is -3.60. The van der Waals surface area contributed by atoms with Gasteiger partial charge in [-0.3, -0.25) is 34.5 Å². The molecule has 138 valence electrons. The van der Waals surface area contributed by atoms with Crippen LogP contribution in [0.3, 0.4) is 0 Å². The molecule has 0 spiro atoms. The van der Waals surface area contributed by atoms with E-state index in [0.29, 0.717) is 12.4 Å². The molecule has 3 heterocycles. The highest BCUT2D eigenvalue weighted by molar-refractivity contribution is 6.23. The van der Waals surface area contributed by atoms with Gasteiger partial charge in [0, 0.05) is 42.9 Å². The molecular formula is C16H14N6O5. The van der Waals surface area contributed by atoms with Gasteiger partial charge in [0.2, 0.25) is 5.91 Å². The van der Waals surface area contributed by atoms with Crippen molar-refractivity contribution in [3.63, 3.8) is 0 Å². The van der Waals surface area contributed by atoms with Crippen molar-refractivity contribution in [3.8, 4) is 0 Å². The van der Waals surface area contributed by atoms with Crippen molar-refractivity contribution in [1.82, 2.24) is 20.4 Å². The van der Waals surface area contributed by atoms with Crippen LogP contribution in [0.5, 0.6) is 0 Å².